The van der Waals surface area contributed by atoms with Crippen molar-refractivity contribution in [2.45, 2.75) is 31.2 Å². The van der Waals surface area contributed by atoms with E-state index in [-0.39, 0.29) is 30.3 Å². The van der Waals surface area contributed by atoms with Gasteiger partial charge in [-0.2, -0.15) is 9.97 Å². The van der Waals surface area contributed by atoms with Gasteiger partial charge >= 0.3 is 0 Å². The molecule has 2 fully saturated rings. The lowest BCUT2D eigenvalue weighted by Crippen LogP contribution is -2.41. The van der Waals surface area contributed by atoms with Crippen molar-refractivity contribution in [1.82, 2.24) is 24.8 Å². The van der Waals surface area contributed by atoms with Crippen LogP contribution in [0.5, 0.6) is 0 Å². The van der Waals surface area contributed by atoms with Crippen molar-refractivity contribution in [3.63, 3.8) is 0 Å². The van der Waals surface area contributed by atoms with Crippen LogP contribution in [0.2, 0.25) is 10.3 Å². The normalized spacial score (nSPS) is 26.7. The van der Waals surface area contributed by atoms with Crippen LogP contribution in [0.15, 0.2) is 24.5 Å². The molecule has 35 heavy (non-hydrogen) atoms. The third-order valence-electron chi connectivity index (χ3n) is 6.84. The molecule has 0 radical (unpaired) electrons. The number of aliphatic hydroxyl groups excluding tert-OH is 3. The maximum absolute atomic E-state index is 12.5. The molecule has 10 nitrogen and oxygen atoms in total. The number of amides is 1. The van der Waals surface area contributed by atoms with E-state index in [2.05, 4.69) is 37.4 Å². The maximum Gasteiger partial charge on any atom is 0.229 e. The number of rotatable bonds is 5. The first-order valence-electron chi connectivity index (χ1n) is 10.9. The van der Waals surface area contributed by atoms with Crippen LogP contribution in [0.3, 0.4) is 0 Å². The average molecular weight is 517 g/mol. The third kappa shape index (κ3) is 3.80. The molecule has 0 aliphatic heterocycles. The number of imidazole rings is 1. The Morgan fingerprint density at radius 1 is 1.31 bits per heavy atom. The number of fused-ring (bicyclic) bond motifs is 2. The van der Waals surface area contributed by atoms with Gasteiger partial charge < -0.3 is 30.5 Å². The van der Waals surface area contributed by atoms with Crippen LogP contribution in [0.4, 0.5) is 5.82 Å². The van der Waals surface area contributed by atoms with Gasteiger partial charge in [0.1, 0.15) is 12.7 Å². The number of aromatic nitrogens is 4. The second kappa shape index (κ2) is 8.93. The van der Waals surface area contributed by atoms with Crippen LogP contribution in [-0.2, 0) is 11.3 Å². The Balaban J connectivity index is 1.46. The molecule has 1 amide bonds. The zero-order valence-corrected chi connectivity index (χ0v) is 20.0. The molecule has 3 aromatic rings. The van der Waals surface area contributed by atoms with E-state index in [0.29, 0.717) is 34.0 Å². The number of nitrogens with one attached hydrogen (secondary N) is 2. The number of halogens is 2. The van der Waals surface area contributed by atoms with E-state index < -0.39 is 23.7 Å². The van der Waals surface area contributed by atoms with Gasteiger partial charge in [-0.25, -0.2) is 4.98 Å². The standard InChI is InChI=1S/C23H22Cl2N6O4/c1-26-21(35)23-8-13(23)16(17(33)18(23)34)31-10-28-15-19(29-22(25)30-20(15)31)27-9-12-7-11(3-2-6-32)4-5-14(12)24/h4-5,7,10,13,16-18,32-34H,6,8-9H2,1H3,(H,26,35)(H,27,29,30)/t13-,16+,17+,18+,23+/m1/s1. The number of benzene rings is 1. The maximum atomic E-state index is 12.5. The van der Waals surface area contributed by atoms with Crippen LogP contribution in [0.1, 0.15) is 23.6 Å². The monoisotopic (exact) mass is 516 g/mol. The summed E-state index contributed by atoms with van der Waals surface area (Å²) in [5.74, 6) is 5.25. The van der Waals surface area contributed by atoms with E-state index in [1.54, 1.807) is 22.8 Å². The largest absolute Gasteiger partial charge is 0.389 e. The summed E-state index contributed by atoms with van der Waals surface area (Å²) >= 11 is 12.6. The molecule has 2 aromatic heterocycles. The smallest absolute Gasteiger partial charge is 0.229 e. The number of carbonyl (C=O) groups is 1. The number of hydrogen-bond acceptors (Lipinski definition) is 8. The molecule has 5 rings (SSSR count). The van der Waals surface area contributed by atoms with Gasteiger partial charge in [0.15, 0.2) is 17.0 Å². The van der Waals surface area contributed by atoms with E-state index in [4.69, 9.17) is 28.3 Å². The molecule has 2 heterocycles. The molecule has 2 saturated carbocycles. The first-order chi connectivity index (χ1) is 16.8. The highest BCUT2D eigenvalue weighted by Crippen LogP contribution is 2.67. The van der Waals surface area contributed by atoms with Crippen molar-refractivity contribution in [2.75, 3.05) is 19.0 Å². The van der Waals surface area contributed by atoms with Crippen molar-refractivity contribution in [2.24, 2.45) is 11.3 Å². The Bertz CT molecular complexity index is 1390. The van der Waals surface area contributed by atoms with Crippen molar-refractivity contribution >= 4 is 46.1 Å². The Labute approximate surface area is 210 Å². The van der Waals surface area contributed by atoms with Gasteiger partial charge in [0, 0.05) is 30.1 Å². The summed E-state index contributed by atoms with van der Waals surface area (Å²) < 4.78 is 1.66. The van der Waals surface area contributed by atoms with Gasteiger partial charge in [0.25, 0.3) is 0 Å². The Morgan fingerprint density at radius 3 is 2.86 bits per heavy atom. The van der Waals surface area contributed by atoms with Crippen molar-refractivity contribution in [1.29, 1.82) is 0 Å². The molecule has 0 saturated heterocycles. The minimum atomic E-state index is -1.20. The van der Waals surface area contributed by atoms with Crippen LogP contribution in [-0.4, -0.2) is 66.6 Å². The fraction of sp³-hybridized carbons (Fsp3) is 0.391. The number of carbonyl (C=O) groups excluding carboxylic acids is 1. The first-order valence-corrected chi connectivity index (χ1v) is 11.7. The van der Waals surface area contributed by atoms with Crippen molar-refractivity contribution in [3.05, 3.63) is 46.0 Å². The molecular formula is C23H22Cl2N6O4. The van der Waals surface area contributed by atoms with Crippen LogP contribution < -0.4 is 10.6 Å². The number of aliphatic hydroxyl groups is 3. The zero-order chi connectivity index (χ0) is 24.9. The fourth-order valence-electron chi connectivity index (χ4n) is 5.13. The first kappa shape index (κ1) is 23.8. The minimum absolute atomic E-state index is 0.0307. The summed E-state index contributed by atoms with van der Waals surface area (Å²) in [6.45, 7) is 0.0457. The lowest BCUT2D eigenvalue weighted by molar-refractivity contribution is -0.132. The highest BCUT2D eigenvalue weighted by atomic mass is 35.5. The van der Waals surface area contributed by atoms with Gasteiger partial charge in [-0.05, 0) is 41.8 Å². The molecule has 1 aromatic carbocycles. The fourth-order valence-corrected chi connectivity index (χ4v) is 5.48. The minimum Gasteiger partial charge on any atom is -0.389 e. The van der Waals surface area contributed by atoms with Crippen LogP contribution >= 0.6 is 23.2 Å². The van der Waals surface area contributed by atoms with Gasteiger partial charge in [0.2, 0.25) is 11.2 Å². The quantitative estimate of drug-likeness (QED) is 0.250. The molecule has 2 aliphatic rings. The predicted octanol–water partition coefficient (Wildman–Crippen LogP) is 1.12. The van der Waals surface area contributed by atoms with Crippen LogP contribution in [0.25, 0.3) is 11.2 Å². The number of nitrogens with zero attached hydrogens (tertiary/aromatic N) is 4. The van der Waals surface area contributed by atoms with E-state index in [1.165, 1.54) is 13.4 Å². The van der Waals surface area contributed by atoms with Crippen molar-refractivity contribution < 1.29 is 20.1 Å². The Kier molecular flexibility index (Phi) is 6.07. The lowest BCUT2D eigenvalue weighted by atomic mass is 9.98. The van der Waals surface area contributed by atoms with E-state index >= 15 is 0 Å². The zero-order valence-electron chi connectivity index (χ0n) is 18.5. The SMILES string of the molecule is CNC(=O)[C@@]12C[C@@H]1[C@H](n1cnc3c(NCc4cc(C#CCO)ccc4Cl)nc(Cl)nc31)[C@H](O)[C@@H]2O. The molecule has 0 unspecified atom stereocenters. The highest BCUT2D eigenvalue weighted by Gasteiger charge is 2.75. The van der Waals surface area contributed by atoms with E-state index in [0.717, 1.165) is 5.56 Å². The highest BCUT2D eigenvalue weighted by molar-refractivity contribution is 6.31. The Morgan fingerprint density at radius 2 is 2.11 bits per heavy atom. The molecule has 5 atom stereocenters. The molecule has 12 heteroatoms. The van der Waals surface area contributed by atoms with Crippen molar-refractivity contribution in [3.8, 4) is 11.8 Å². The third-order valence-corrected chi connectivity index (χ3v) is 7.38. The van der Waals surface area contributed by atoms with Gasteiger partial charge in [-0.1, -0.05) is 23.4 Å². The topological polar surface area (TPSA) is 145 Å². The molecule has 0 spiro atoms. The summed E-state index contributed by atoms with van der Waals surface area (Å²) in [4.78, 5) is 25.5. The average Bonchev–Trinajstić information content (AvgIpc) is 3.39. The van der Waals surface area contributed by atoms with Gasteiger partial charge in [-0.15, -0.1) is 0 Å². The molecule has 0 bridgehead atoms. The lowest BCUT2D eigenvalue weighted by Gasteiger charge is -2.23. The summed E-state index contributed by atoms with van der Waals surface area (Å²) in [7, 11) is 1.51. The van der Waals surface area contributed by atoms with Gasteiger partial charge in [0.05, 0.1) is 23.9 Å². The molecular weight excluding hydrogens is 495 g/mol. The number of hydrogen-bond donors (Lipinski definition) is 5. The van der Waals surface area contributed by atoms with Gasteiger partial charge in [-0.3, -0.25) is 4.79 Å². The van der Waals surface area contributed by atoms with E-state index in [1.807, 2.05) is 0 Å². The van der Waals surface area contributed by atoms with Crippen LogP contribution in [0, 0.1) is 23.2 Å². The second-order valence-corrected chi connectivity index (χ2v) is 9.39. The molecule has 5 N–H and O–H groups in total. The Hall–Kier alpha value is -2.94. The number of anilines is 1. The second-order valence-electron chi connectivity index (χ2n) is 8.64. The summed E-state index contributed by atoms with van der Waals surface area (Å²) in [6, 6.07) is 4.69. The predicted molar refractivity (Wildman–Crippen MR) is 129 cm³/mol. The van der Waals surface area contributed by atoms with E-state index in [9.17, 15) is 15.0 Å². The summed E-state index contributed by atoms with van der Waals surface area (Å²) in [5.41, 5.74) is 1.22. The summed E-state index contributed by atoms with van der Waals surface area (Å²) in [5, 5.41) is 36.6. The summed E-state index contributed by atoms with van der Waals surface area (Å²) in [6.07, 6.45) is -0.409. The molecule has 2 aliphatic carbocycles. The molecule has 182 valence electrons.